The Kier molecular flexibility index (Phi) is 7.28. The molecule has 1 aliphatic heterocycles. The summed E-state index contributed by atoms with van der Waals surface area (Å²) in [5.74, 6) is -0.129. The molecule has 1 atom stereocenters. The topological polar surface area (TPSA) is 26.3 Å². The van der Waals surface area contributed by atoms with Gasteiger partial charge in [0.15, 0.2) is 0 Å². The fraction of sp³-hybridized carbons (Fsp3) is 0.609. The number of ether oxygens (including phenoxy) is 1. The minimum atomic E-state index is -0.207. The first-order valence-corrected chi connectivity index (χ1v) is 9.94. The lowest BCUT2D eigenvalue weighted by atomic mass is 9.86. The fourth-order valence-electron chi connectivity index (χ4n) is 3.27. The monoisotopic (exact) mass is 342 g/mol. The van der Waals surface area contributed by atoms with Crippen molar-refractivity contribution < 1.29 is 9.53 Å². The molecule has 1 heterocycles. The Balaban J connectivity index is 1.83. The number of benzene rings is 1. The minimum Gasteiger partial charge on any atom is -0.450 e. The molecule has 0 N–H and O–H groups in total. The third-order valence-corrected chi connectivity index (χ3v) is 5.00. The fourth-order valence-corrected chi connectivity index (χ4v) is 3.27. The molecule has 25 heavy (non-hydrogen) atoms. The summed E-state index contributed by atoms with van der Waals surface area (Å²) in [5, 5.41) is 0. The van der Waals surface area contributed by atoms with Crippen molar-refractivity contribution in [3.63, 3.8) is 0 Å². The normalized spacial score (nSPS) is 17.5. The molecule has 2 rings (SSSR count). The van der Waals surface area contributed by atoms with Crippen LogP contribution in [0.2, 0.25) is 0 Å². The van der Waals surface area contributed by atoms with E-state index in [-0.39, 0.29) is 17.5 Å². The number of unbranched alkanes of at least 4 members (excludes halogenated alkanes) is 6. The van der Waals surface area contributed by atoms with Gasteiger partial charge in [0, 0.05) is 5.57 Å². The first kappa shape index (κ1) is 19.8. The van der Waals surface area contributed by atoms with Gasteiger partial charge in [0.25, 0.3) is 0 Å². The quantitative estimate of drug-likeness (QED) is 0.371. The van der Waals surface area contributed by atoms with E-state index < -0.39 is 0 Å². The number of esters is 1. The number of carbonyl (C=O) groups excluding carboxylic acids is 1. The highest BCUT2D eigenvalue weighted by Crippen LogP contribution is 2.31. The first-order chi connectivity index (χ1) is 11.9. The van der Waals surface area contributed by atoms with Crippen LogP contribution in [0.4, 0.5) is 0 Å². The molecular formula is C23H34O2. The standard InChI is InChI=1S/C23H34O2/c1-5-6-7-8-9-10-11-12-19-17-21(25-22(19)24)18-13-15-20(16-14-18)23(2,3)4/h13-17,21H,5-12H2,1-4H3/t21-/m1/s1. The van der Waals surface area contributed by atoms with Gasteiger partial charge in [-0.2, -0.15) is 0 Å². The Labute approximate surface area is 153 Å². The van der Waals surface area contributed by atoms with Gasteiger partial charge in [-0.3, -0.25) is 0 Å². The van der Waals surface area contributed by atoms with Gasteiger partial charge in [0.2, 0.25) is 0 Å². The lowest BCUT2D eigenvalue weighted by molar-refractivity contribution is -0.140. The highest BCUT2D eigenvalue weighted by Gasteiger charge is 2.26. The van der Waals surface area contributed by atoms with Crippen LogP contribution >= 0.6 is 0 Å². The summed E-state index contributed by atoms with van der Waals surface area (Å²) in [7, 11) is 0. The summed E-state index contributed by atoms with van der Waals surface area (Å²) in [4.78, 5) is 12.1. The average molecular weight is 343 g/mol. The molecule has 1 aromatic carbocycles. The summed E-state index contributed by atoms with van der Waals surface area (Å²) >= 11 is 0. The lowest BCUT2D eigenvalue weighted by Crippen LogP contribution is -2.11. The number of carbonyl (C=O) groups is 1. The van der Waals surface area contributed by atoms with Crippen LogP contribution in [0.3, 0.4) is 0 Å². The van der Waals surface area contributed by atoms with Gasteiger partial charge >= 0.3 is 5.97 Å². The molecule has 1 aromatic rings. The summed E-state index contributed by atoms with van der Waals surface area (Å²) in [6.07, 6.45) is 11.5. The van der Waals surface area contributed by atoms with Crippen LogP contribution in [0.15, 0.2) is 35.9 Å². The Hall–Kier alpha value is -1.57. The molecule has 2 nitrogen and oxygen atoms in total. The van der Waals surface area contributed by atoms with E-state index >= 15 is 0 Å². The van der Waals surface area contributed by atoms with Crippen molar-refractivity contribution in [1.82, 2.24) is 0 Å². The molecule has 0 aliphatic carbocycles. The van der Waals surface area contributed by atoms with E-state index in [1.807, 2.05) is 6.08 Å². The van der Waals surface area contributed by atoms with Crippen molar-refractivity contribution in [2.75, 3.05) is 0 Å². The van der Waals surface area contributed by atoms with E-state index in [9.17, 15) is 4.79 Å². The Morgan fingerprint density at radius 3 is 2.12 bits per heavy atom. The van der Waals surface area contributed by atoms with Gasteiger partial charge in [0.05, 0.1) is 0 Å². The number of cyclic esters (lactones) is 1. The Morgan fingerprint density at radius 1 is 0.920 bits per heavy atom. The molecule has 0 radical (unpaired) electrons. The minimum absolute atomic E-state index is 0.129. The van der Waals surface area contributed by atoms with E-state index in [1.165, 1.54) is 44.1 Å². The van der Waals surface area contributed by atoms with Crippen LogP contribution in [0.25, 0.3) is 0 Å². The van der Waals surface area contributed by atoms with Gasteiger partial charge in [0.1, 0.15) is 6.10 Å². The SMILES string of the molecule is CCCCCCCCCC1=C[C@H](c2ccc(C(C)(C)C)cc2)OC1=O. The molecule has 0 fully saturated rings. The van der Waals surface area contributed by atoms with Crippen LogP contribution in [0.1, 0.15) is 96.3 Å². The highest BCUT2D eigenvalue weighted by molar-refractivity contribution is 5.91. The molecule has 138 valence electrons. The molecular weight excluding hydrogens is 308 g/mol. The van der Waals surface area contributed by atoms with Crippen LogP contribution in [0.5, 0.6) is 0 Å². The molecule has 0 saturated carbocycles. The Morgan fingerprint density at radius 2 is 1.52 bits per heavy atom. The second kappa shape index (κ2) is 9.22. The van der Waals surface area contributed by atoms with Gasteiger partial charge < -0.3 is 4.74 Å². The van der Waals surface area contributed by atoms with Crippen molar-refractivity contribution in [2.24, 2.45) is 0 Å². The van der Waals surface area contributed by atoms with Gasteiger partial charge in [-0.25, -0.2) is 4.79 Å². The summed E-state index contributed by atoms with van der Waals surface area (Å²) in [6, 6.07) is 8.47. The van der Waals surface area contributed by atoms with Gasteiger partial charge in [-0.05, 0) is 35.5 Å². The lowest BCUT2D eigenvalue weighted by Gasteiger charge is -2.19. The molecule has 0 bridgehead atoms. The van der Waals surface area contributed by atoms with Gasteiger partial charge in [-0.1, -0.05) is 90.5 Å². The zero-order valence-corrected chi connectivity index (χ0v) is 16.4. The zero-order chi connectivity index (χ0) is 18.3. The smallest absolute Gasteiger partial charge is 0.334 e. The molecule has 0 aromatic heterocycles. The number of hydrogen-bond donors (Lipinski definition) is 0. The van der Waals surface area contributed by atoms with Crippen molar-refractivity contribution in [1.29, 1.82) is 0 Å². The molecule has 1 aliphatic rings. The van der Waals surface area contributed by atoms with Crippen LogP contribution in [-0.4, -0.2) is 5.97 Å². The van der Waals surface area contributed by atoms with E-state index in [2.05, 4.69) is 52.0 Å². The summed E-state index contributed by atoms with van der Waals surface area (Å²) < 4.78 is 5.56. The van der Waals surface area contributed by atoms with Crippen molar-refractivity contribution in [3.8, 4) is 0 Å². The average Bonchev–Trinajstić information content (AvgIpc) is 2.94. The van der Waals surface area contributed by atoms with E-state index in [0.29, 0.717) is 0 Å². The largest absolute Gasteiger partial charge is 0.450 e. The molecule has 0 amide bonds. The van der Waals surface area contributed by atoms with E-state index in [0.717, 1.165) is 24.0 Å². The molecule has 0 spiro atoms. The Bertz CT molecular complexity index is 575. The second-order valence-corrected chi connectivity index (χ2v) is 8.26. The second-order valence-electron chi connectivity index (χ2n) is 8.26. The maximum atomic E-state index is 12.1. The van der Waals surface area contributed by atoms with E-state index in [4.69, 9.17) is 4.74 Å². The first-order valence-electron chi connectivity index (χ1n) is 9.94. The van der Waals surface area contributed by atoms with Crippen LogP contribution < -0.4 is 0 Å². The molecule has 0 unspecified atom stereocenters. The van der Waals surface area contributed by atoms with Crippen molar-refractivity contribution in [2.45, 2.75) is 90.6 Å². The number of rotatable bonds is 9. The predicted octanol–water partition coefficient (Wildman–Crippen LogP) is 6.65. The summed E-state index contributed by atoms with van der Waals surface area (Å²) in [6.45, 7) is 8.86. The maximum Gasteiger partial charge on any atom is 0.334 e. The third kappa shape index (κ3) is 6.02. The van der Waals surface area contributed by atoms with Crippen molar-refractivity contribution in [3.05, 3.63) is 47.0 Å². The van der Waals surface area contributed by atoms with Crippen LogP contribution in [-0.2, 0) is 14.9 Å². The molecule has 2 heteroatoms. The number of hydrogen-bond acceptors (Lipinski definition) is 2. The zero-order valence-electron chi connectivity index (χ0n) is 16.4. The van der Waals surface area contributed by atoms with E-state index in [1.54, 1.807) is 0 Å². The predicted molar refractivity (Wildman–Crippen MR) is 105 cm³/mol. The molecule has 0 saturated heterocycles. The highest BCUT2D eigenvalue weighted by atomic mass is 16.5. The van der Waals surface area contributed by atoms with Crippen molar-refractivity contribution >= 4 is 5.97 Å². The summed E-state index contributed by atoms with van der Waals surface area (Å²) in [5.41, 5.74) is 3.37. The van der Waals surface area contributed by atoms with Crippen LogP contribution in [0, 0.1) is 0 Å². The van der Waals surface area contributed by atoms with Gasteiger partial charge in [-0.15, -0.1) is 0 Å². The maximum absolute atomic E-state index is 12.1. The third-order valence-electron chi connectivity index (χ3n) is 5.00.